The second-order valence-electron chi connectivity index (χ2n) is 6.29. The number of hydrogen-bond acceptors (Lipinski definition) is 2. The first kappa shape index (κ1) is 14.4. The molecule has 0 aromatic heterocycles. The summed E-state index contributed by atoms with van der Waals surface area (Å²) in [5.41, 5.74) is 6.35. The van der Waals surface area contributed by atoms with E-state index in [9.17, 15) is 0 Å². The van der Waals surface area contributed by atoms with Gasteiger partial charge < -0.3 is 5.73 Å². The van der Waals surface area contributed by atoms with Crippen molar-refractivity contribution in [3.63, 3.8) is 0 Å². The van der Waals surface area contributed by atoms with Crippen molar-refractivity contribution in [1.82, 2.24) is 0 Å². The van der Waals surface area contributed by atoms with E-state index in [0.29, 0.717) is 10.8 Å². The molecule has 1 saturated carbocycles. The van der Waals surface area contributed by atoms with Gasteiger partial charge in [-0.15, -0.1) is 0 Å². The molecule has 0 aliphatic heterocycles. The molecule has 16 heavy (non-hydrogen) atoms. The SMILES string of the molecule is CCC1CCCC(C(N)CSC(C)(C)C)C1. The molecule has 1 fully saturated rings. The molecular weight excluding hydrogens is 214 g/mol. The fourth-order valence-electron chi connectivity index (χ4n) is 2.57. The lowest BCUT2D eigenvalue weighted by atomic mass is 9.77. The molecule has 2 heteroatoms. The third kappa shape index (κ3) is 5.09. The summed E-state index contributed by atoms with van der Waals surface area (Å²) in [6.45, 7) is 9.16. The van der Waals surface area contributed by atoms with Gasteiger partial charge in [-0.2, -0.15) is 11.8 Å². The Bertz CT molecular complexity index is 197. The summed E-state index contributed by atoms with van der Waals surface area (Å²) < 4.78 is 0.358. The van der Waals surface area contributed by atoms with Crippen LogP contribution in [0.15, 0.2) is 0 Å². The van der Waals surface area contributed by atoms with E-state index < -0.39 is 0 Å². The van der Waals surface area contributed by atoms with E-state index in [4.69, 9.17) is 5.73 Å². The van der Waals surface area contributed by atoms with E-state index in [1.807, 2.05) is 11.8 Å². The number of thioether (sulfide) groups is 1. The van der Waals surface area contributed by atoms with Crippen LogP contribution in [0, 0.1) is 11.8 Å². The highest BCUT2D eigenvalue weighted by molar-refractivity contribution is 8.00. The Balaban J connectivity index is 2.32. The van der Waals surface area contributed by atoms with Gasteiger partial charge in [-0.05, 0) is 24.7 Å². The summed E-state index contributed by atoms with van der Waals surface area (Å²) >= 11 is 2.02. The van der Waals surface area contributed by atoms with Gasteiger partial charge in [0.2, 0.25) is 0 Å². The van der Waals surface area contributed by atoms with Crippen molar-refractivity contribution >= 4 is 11.8 Å². The summed E-state index contributed by atoms with van der Waals surface area (Å²) in [5, 5.41) is 0. The Kier molecular flexibility index (Phi) is 5.66. The lowest BCUT2D eigenvalue weighted by Crippen LogP contribution is -2.36. The molecule has 0 spiro atoms. The first-order valence-electron chi connectivity index (χ1n) is 6.82. The van der Waals surface area contributed by atoms with Crippen LogP contribution in [0.3, 0.4) is 0 Å². The molecule has 2 N–H and O–H groups in total. The van der Waals surface area contributed by atoms with Gasteiger partial charge in [0, 0.05) is 16.5 Å². The summed E-state index contributed by atoms with van der Waals surface area (Å²) in [6.07, 6.45) is 6.92. The Labute approximate surface area is 106 Å². The molecule has 1 rings (SSSR count). The molecule has 0 aromatic rings. The molecule has 0 saturated heterocycles. The molecule has 0 radical (unpaired) electrons. The molecule has 0 heterocycles. The van der Waals surface area contributed by atoms with Gasteiger partial charge in [0.05, 0.1) is 0 Å². The average molecular weight is 243 g/mol. The van der Waals surface area contributed by atoms with Crippen LogP contribution in [0.1, 0.15) is 59.8 Å². The molecule has 96 valence electrons. The number of hydrogen-bond donors (Lipinski definition) is 1. The van der Waals surface area contributed by atoms with E-state index in [0.717, 1.165) is 17.6 Å². The smallest absolute Gasteiger partial charge is 0.0159 e. The van der Waals surface area contributed by atoms with E-state index >= 15 is 0 Å². The zero-order valence-corrected chi connectivity index (χ0v) is 12.3. The van der Waals surface area contributed by atoms with Gasteiger partial charge in [0.15, 0.2) is 0 Å². The van der Waals surface area contributed by atoms with E-state index in [2.05, 4.69) is 27.7 Å². The van der Waals surface area contributed by atoms with Crippen LogP contribution in [0.4, 0.5) is 0 Å². The van der Waals surface area contributed by atoms with E-state index in [-0.39, 0.29) is 0 Å². The highest BCUT2D eigenvalue weighted by Crippen LogP contribution is 2.34. The van der Waals surface area contributed by atoms with Crippen LogP contribution in [0.25, 0.3) is 0 Å². The highest BCUT2D eigenvalue weighted by Gasteiger charge is 2.26. The zero-order valence-electron chi connectivity index (χ0n) is 11.5. The Morgan fingerprint density at radius 1 is 1.31 bits per heavy atom. The summed E-state index contributed by atoms with van der Waals surface area (Å²) in [6, 6.07) is 0.415. The van der Waals surface area contributed by atoms with Gasteiger partial charge in [-0.1, -0.05) is 47.0 Å². The largest absolute Gasteiger partial charge is 0.327 e. The van der Waals surface area contributed by atoms with Crippen LogP contribution in [-0.2, 0) is 0 Å². The molecule has 3 atom stereocenters. The third-order valence-corrected chi connectivity index (χ3v) is 5.13. The lowest BCUT2D eigenvalue weighted by Gasteiger charge is -2.33. The standard InChI is InChI=1S/C14H29NS/c1-5-11-7-6-8-12(9-11)13(15)10-16-14(2,3)4/h11-13H,5-10,15H2,1-4H3. The Hall–Kier alpha value is 0.310. The third-order valence-electron chi connectivity index (χ3n) is 3.72. The van der Waals surface area contributed by atoms with Gasteiger partial charge in [0.25, 0.3) is 0 Å². The molecule has 0 aromatic carbocycles. The summed E-state index contributed by atoms with van der Waals surface area (Å²) in [7, 11) is 0. The van der Waals surface area contributed by atoms with Gasteiger partial charge >= 0.3 is 0 Å². The fourth-order valence-corrected chi connectivity index (χ4v) is 3.54. The topological polar surface area (TPSA) is 26.0 Å². The molecule has 3 unspecified atom stereocenters. The maximum Gasteiger partial charge on any atom is 0.0159 e. The average Bonchev–Trinajstić information content (AvgIpc) is 2.25. The van der Waals surface area contributed by atoms with E-state index in [1.165, 1.54) is 32.1 Å². The van der Waals surface area contributed by atoms with Gasteiger partial charge in [0.1, 0.15) is 0 Å². The second-order valence-corrected chi connectivity index (χ2v) is 8.13. The molecule has 1 aliphatic rings. The quantitative estimate of drug-likeness (QED) is 0.806. The lowest BCUT2D eigenvalue weighted by molar-refractivity contribution is 0.237. The van der Waals surface area contributed by atoms with Crippen molar-refractivity contribution in [2.45, 2.75) is 70.6 Å². The first-order chi connectivity index (χ1) is 7.42. The van der Waals surface area contributed by atoms with Gasteiger partial charge in [-0.25, -0.2) is 0 Å². The predicted molar refractivity (Wildman–Crippen MR) is 75.9 cm³/mol. The van der Waals surface area contributed by atoms with Crippen molar-refractivity contribution < 1.29 is 0 Å². The monoisotopic (exact) mass is 243 g/mol. The first-order valence-corrected chi connectivity index (χ1v) is 7.80. The number of nitrogens with two attached hydrogens (primary N) is 1. The van der Waals surface area contributed by atoms with Crippen LogP contribution < -0.4 is 5.73 Å². The summed E-state index contributed by atoms with van der Waals surface area (Å²) in [4.78, 5) is 0. The normalized spacial score (nSPS) is 29.1. The van der Waals surface area contributed by atoms with Crippen molar-refractivity contribution in [3.05, 3.63) is 0 Å². The molecule has 0 amide bonds. The Morgan fingerprint density at radius 3 is 2.56 bits per heavy atom. The minimum Gasteiger partial charge on any atom is -0.327 e. The molecule has 1 aliphatic carbocycles. The zero-order chi connectivity index (χ0) is 12.2. The van der Waals surface area contributed by atoms with Crippen molar-refractivity contribution in [3.8, 4) is 0 Å². The van der Waals surface area contributed by atoms with Crippen LogP contribution in [0.2, 0.25) is 0 Å². The maximum absolute atomic E-state index is 6.35. The maximum atomic E-state index is 6.35. The second kappa shape index (κ2) is 6.30. The van der Waals surface area contributed by atoms with Crippen LogP contribution >= 0.6 is 11.8 Å². The van der Waals surface area contributed by atoms with Crippen LogP contribution in [0.5, 0.6) is 0 Å². The van der Waals surface area contributed by atoms with E-state index in [1.54, 1.807) is 0 Å². The molecule has 1 nitrogen and oxygen atoms in total. The fraction of sp³-hybridized carbons (Fsp3) is 1.00. The minimum absolute atomic E-state index is 0.358. The Morgan fingerprint density at radius 2 is 2.00 bits per heavy atom. The minimum atomic E-state index is 0.358. The predicted octanol–water partition coefficient (Wildman–Crippen LogP) is 4.06. The van der Waals surface area contributed by atoms with Gasteiger partial charge in [-0.3, -0.25) is 0 Å². The highest BCUT2D eigenvalue weighted by atomic mass is 32.2. The van der Waals surface area contributed by atoms with Crippen molar-refractivity contribution in [1.29, 1.82) is 0 Å². The summed E-state index contributed by atoms with van der Waals surface area (Å²) in [5.74, 6) is 2.86. The van der Waals surface area contributed by atoms with Crippen molar-refractivity contribution in [2.24, 2.45) is 17.6 Å². The molecular formula is C14H29NS. The van der Waals surface area contributed by atoms with Crippen LogP contribution in [-0.4, -0.2) is 16.5 Å². The number of rotatable bonds is 4. The van der Waals surface area contributed by atoms with Crippen molar-refractivity contribution in [2.75, 3.05) is 5.75 Å². The molecule has 0 bridgehead atoms.